The lowest BCUT2D eigenvalue weighted by atomic mass is 10.4. The number of sulfonamides is 1. The van der Waals surface area contributed by atoms with Crippen LogP contribution in [-0.2, 0) is 16.6 Å². The first-order chi connectivity index (χ1) is 7.75. The molecule has 1 rings (SSSR count). The Bertz CT molecular complexity index is 464. The molecule has 0 unspecified atom stereocenters. The van der Waals surface area contributed by atoms with Crippen LogP contribution in [0, 0.1) is 6.92 Å². The maximum Gasteiger partial charge on any atom is 0.217 e. The SMILES string of the molecule is Cc1csc(CN(C(C)C)S(=O)(=O)C(C)C)n1. The minimum atomic E-state index is -3.23. The third-order valence-corrected chi connectivity index (χ3v) is 5.80. The Morgan fingerprint density at radius 2 is 1.94 bits per heavy atom. The summed E-state index contributed by atoms with van der Waals surface area (Å²) in [4.78, 5) is 4.32. The molecule has 0 aliphatic heterocycles. The van der Waals surface area contributed by atoms with Crippen LogP contribution in [0.15, 0.2) is 5.38 Å². The van der Waals surface area contributed by atoms with Gasteiger partial charge in [-0.1, -0.05) is 0 Å². The second-order valence-electron chi connectivity index (χ2n) is 4.62. The Labute approximate surface area is 108 Å². The van der Waals surface area contributed by atoms with E-state index in [-0.39, 0.29) is 6.04 Å². The highest BCUT2D eigenvalue weighted by molar-refractivity contribution is 7.89. The number of aryl methyl sites for hydroxylation is 1. The predicted octanol–water partition coefficient (Wildman–Crippen LogP) is 2.40. The van der Waals surface area contributed by atoms with Gasteiger partial charge in [-0.2, -0.15) is 4.31 Å². The molecule has 0 atom stereocenters. The summed E-state index contributed by atoms with van der Waals surface area (Å²) in [5.41, 5.74) is 0.940. The lowest BCUT2D eigenvalue weighted by molar-refractivity contribution is 0.344. The van der Waals surface area contributed by atoms with Crippen LogP contribution < -0.4 is 0 Å². The third kappa shape index (κ3) is 3.50. The topological polar surface area (TPSA) is 50.3 Å². The molecule has 0 bridgehead atoms. The predicted molar refractivity (Wildman–Crippen MR) is 71.6 cm³/mol. The van der Waals surface area contributed by atoms with E-state index in [1.54, 1.807) is 13.8 Å². The fourth-order valence-corrected chi connectivity index (χ4v) is 3.73. The second kappa shape index (κ2) is 5.46. The van der Waals surface area contributed by atoms with E-state index in [1.165, 1.54) is 15.6 Å². The van der Waals surface area contributed by atoms with E-state index in [0.717, 1.165) is 10.7 Å². The quantitative estimate of drug-likeness (QED) is 0.830. The van der Waals surface area contributed by atoms with Gasteiger partial charge >= 0.3 is 0 Å². The van der Waals surface area contributed by atoms with Gasteiger partial charge in [-0.15, -0.1) is 11.3 Å². The number of aromatic nitrogens is 1. The van der Waals surface area contributed by atoms with Crippen LogP contribution in [0.25, 0.3) is 0 Å². The van der Waals surface area contributed by atoms with Gasteiger partial charge in [-0.05, 0) is 34.6 Å². The van der Waals surface area contributed by atoms with Crippen LogP contribution >= 0.6 is 11.3 Å². The molecule has 0 radical (unpaired) electrons. The zero-order valence-corrected chi connectivity index (χ0v) is 12.6. The molecule has 0 fully saturated rings. The smallest absolute Gasteiger partial charge is 0.217 e. The molecule has 0 aromatic carbocycles. The second-order valence-corrected chi connectivity index (χ2v) is 8.00. The highest BCUT2D eigenvalue weighted by Crippen LogP contribution is 2.19. The van der Waals surface area contributed by atoms with Crippen molar-refractivity contribution in [3.63, 3.8) is 0 Å². The Balaban J connectivity index is 2.96. The van der Waals surface area contributed by atoms with Crippen LogP contribution in [0.5, 0.6) is 0 Å². The molecule has 0 amide bonds. The van der Waals surface area contributed by atoms with Crippen molar-refractivity contribution >= 4 is 21.4 Å². The van der Waals surface area contributed by atoms with Crippen LogP contribution in [0.2, 0.25) is 0 Å². The molecule has 0 saturated carbocycles. The fraction of sp³-hybridized carbons (Fsp3) is 0.727. The van der Waals surface area contributed by atoms with E-state index < -0.39 is 15.3 Å². The van der Waals surface area contributed by atoms with E-state index in [4.69, 9.17) is 0 Å². The molecule has 1 aromatic heterocycles. The van der Waals surface area contributed by atoms with E-state index in [2.05, 4.69) is 4.98 Å². The van der Waals surface area contributed by atoms with Gasteiger partial charge in [-0.25, -0.2) is 13.4 Å². The largest absolute Gasteiger partial charge is 0.245 e. The molecule has 98 valence electrons. The van der Waals surface area contributed by atoms with Crippen molar-refractivity contribution in [3.8, 4) is 0 Å². The van der Waals surface area contributed by atoms with Gasteiger partial charge in [0, 0.05) is 17.1 Å². The molecular weight excluding hydrogens is 256 g/mol. The first kappa shape index (κ1) is 14.6. The van der Waals surface area contributed by atoms with E-state index in [1.807, 2.05) is 26.2 Å². The van der Waals surface area contributed by atoms with Crippen LogP contribution in [0.1, 0.15) is 38.4 Å². The standard InChI is InChI=1S/C11H20N2O2S2/c1-8(2)13(17(14,15)9(3)4)6-11-12-10(5)7-16-11/h7-9H,6H2,1-5H3. The van der Waals surface area contributed by atoms with Crippen LogP contribution in [-0.4, -0.2) is 29.0 Å². The zero-order chi connectivity index (χ0) is 13.2. The molecule has 4 nitrogen and oxygen atoms in total. The molecule has 6 heteroatoms. The average molecular weight is 276 g/mol. The van der Waals surface area contributed by atoms with Gasteiger partial charge in [0.1, 0.15) is 5.01 Å². The summed E-state index contributed by atoms with van der Waals surface area (Å²) in [7, 11) is -3.23. The minimum Gasteiger partial charge on any atom is -0.245 e. The molecule has 0 aliphatic rings. The highest BCUT2D eigenvalue weighted by atomic mass is 32.2. The first-order valence-corrected chi connectivity index (χ1v) is 8.05. The summed E-state index contributed by atoms with van der Waals surface area (Å²) >= 11 is 1.51. The van der Waals surface area contributed by atoms with Crippen molar-refractivity contribution < 1.29 is 8.42 Å². The summed E-state index contributed by atoms with van der Waals surface area (Å²) < 4.78 is 25.9. The normalized spacial score (nSPS) is 12.9. The Morgan fingerprint density at radius 3 is 2.29 bits per heavy atom. The third-order valence-electron chi connectivity index (χ3n) is 2.46. The van der Waals surface area contributed by atoms with Crippen LogP contribution in [0.4, 0.5) is 0 Å². The molecule has 0 N–H and O–H groups in total. The number of rotatable bonds is 5. The van der Waals surface area contributed by atoms with E-state index in [9.17, 15) is 8.42 Å². The van der Waals surface area contributed by atoms with Crippen molar-refractivity contribution in [1.29, 1.82) is 0 Å². The monoisotopic (exact) mass is 276 g/mol. The minimum absolute atomic E-state index is 0.0494. The van der Waals surface area contributed by atoms with Crippen molar-refractivity contribution in [3.05, 3.63) is 16.1 Å². The molecule has 1 heterocycles. The maximum absolute atomic E-state index is 12.2. The van der Waals surface area contributed by atoms with Gasteiger partial charge in [0.15, 0.2) is 0 Å². The number of nitrogens with zero attached hydrogens (tertiary/aromatic N) is 2. The average Bonchev–Trinajstić information content (AvgIpc) is 2.59. The van der Waals surface area contributed by atoms with Gasteiger partial charge in [0.05, 0.1) is 11.8 Å². The number of hydrogen-bond acceptors (Lipinski definition) is 4. The lowest BCUT2D eigenvalue weighted by Crippen LogP contribution is -2.40. The van der Waals surface area contributed by atoms with E-state index >= 15 is 0 Å². The summed E-state index contributed by atoms with van der Waals surface area (Å²) in [6.45, 7) is 9.48. The summed E-state index contributed by atoms with van der Waals surface area (Å²) in [6.07, 6.45) is 0. The van der Waals surface area contributed by atoms with Crippen molar-refractivity contribution in [2.24, 2.45) is 0 Å². The Kier molecular flexibility index (Phi) is 4.69. The number of thiazole rings is 1. The molecule has 0 spiro atoms. The maximum atomic E-state index is 12.2. The lowest BCUT2D eigenvalue weighted by Gasteiger charge is -2.26. The highest BCUT2D eigenvalue weighted by Gasteiger charge is 2.28. The van der Waals surface area contributed by atoms with Crippen molar-refractivity contribution in [1.82, 2.24) is 9.29 Å². The van der Waals surface area contributed by atoms with Gasteiger partial charge < -0.3 is 0 Å². The van der Waals surface area contributed by atoms with Gasteiger partial charge in [-0.3, -0.25) is 0 Å². The van der Waals surface area contributed by atoms with Crippen molar-refractivity contribution in [2.75, 3.05) is 0 Å². The summed E-state index contributed by atoms with van der Waals surface area (Å²) in [6, 6.07) is -0.0494. The number of hydrogen-bond donors (Lipinski definition) is 0. The van der Waals surface area contributed by atoms with Crippen molar-refractivity contribution in [2.45, 2.75) is 52.5 Å². The Hall–Kier alpha value is -0.460. The van der Waals surface area contributed by atoms with E-state index in [0.29, 0.717) is 6.54 Å². The fourth-order valence-electron chi connectivity index (χ4n) is 1.45. The van der Waals surface area contributed by atoms with Crippen LogP contribution in [0.3, 0.4) is 0 Å². The molecule has 0 saturated heterocycles. The molecular formula is C11H20N2O2S2. The first-order valence-electron chi connectivity index (χ1n) is 5.66. The summed E-state index contributed by atoms with van der Waals surface area (Å²) in [5.74, 6) is 0. The van der Waals surface area contributed by atoms with Gasteiger partial charge in [0.2, 0.25) is 10.0 Å². The Morgan fingerprint density at radius 1 is 1.35 bits per heavy atom. The summed E-state index contributed by atoms with van der Waals surface area (Å²) in [5, 5.41) is 2.39. The molecule has 1 aromatic rings. The zero-order valence-electron chi connectivity index (χ0n) is 11.0. The molecule has 0 aliphatic carbocycles. The molecule has 17 heavy (non-hydrogen) atoms. The van der Waals surface area contributed by atoms with Gasteiger partial charge in [0.25, 0.3) is 0 Å².